The van der Waals surface area contributed by atoms with Crippen molar-refractivity contribution in [2.75, 3.05) is 46.7 Å². The number of aromatic hydroxyl groups is 2. The van der Waals surface area contributed by atoms with Crippen molar-refractivity contribution in [2.45, 2.75) is 82.8 Å². The first-order valence-electron chi connectivity index (χ1n) is 18.6. The van der Waals surface area contributed by atoms with Gasteiger partial charge in [0.1, 0.15) is 13.3 Å². The summed E-state index contributed by atoms with van der Waals surface area (Å²) < 4.78 is 24.1. The highest BCUT2D eigenvalue weighted by atomic mass is 16.5. The van der Waals surface area contributed by atoms with E-state index in [0.717, 1.165) is 11.1 Å². The van der Waals surface area contributed by atoms with Gasteiger partial charge >= 0.3 is 5.97 Å². The van der Waals surface area contributed by atoms with Gasteiger partial charge in [-0.25, -0.2) is 0 Å². The molecule has 1 fully saturated rings. The molecule has 2 heterocycles. The number of likely N-dealkylation sites (N-methyl/N-ethyl adjacent to an activating group) is 1. The van der Waals surface area contributed by atoms with E-state index in [1.807, 2.05) is 13.0 Å². The van der Waals surface area contributed by atoms with E-state index in [1.165, 1.54) is 7.11 Å². The third kappa shape index (κ3) is 12.4. The Hall–Kier alpha value is -4.25. The molecule has 15 heteroatoms. The minimum absolute atomic E-state index is 0.0103. The van der Waals surface area contributed by atoms with Crippen molar-refractivity contribution < 1.29 is 54.4 Å². The first kappa shape index (κ1) is 42.5. The van der Waals surface area contributed by atoms with Crippen molar-refractivity contribution in [2.24, 2.45) is 17.6 Å². The number of aryl methyl sites for hydroxylation is 1. The van der Waals surface area contributed by atoms with Crippen LogP contribution in [-0.4, -0.2) is 108 Å². The Balaban J connectivity index is 1.53. The maximum absolute atomic E-state index is 11.9. The van der Waals surface area contributed by atoms with Gasteiger partial charge in [0.15, 0.2) is 23.0 Å². The molecular weight excluding hydrogens is 700 g/mol. The lowest BCUT2D eigenvalue weighted by Crippen LogP contribution is -2.42. The number of methoxy groups -OCH3 is 1. The van der Waals surface area contributed by atoms with Crippen molar-refractivity contribution in [3.8, 4) is 28.7 Å². The van der Waals surface area contributed by atoms with Gasteiger partial charge in [0.2, 0.25) is 5.75 Å². The molecule has 2 aromatic rings. The number of rotatable bonds is 22. The molecule has 54 heavy (non-hydrogen) atoms. The van der Waals surface area contributed by atoms with Gasteiger partial charge < -0.3 is 66.0 Å². The third-order valence-corrected chi connectivity index (χ3v) is 9.75. The fraction of sp³-hybridized carbons (Fsp3) is 0.564. The maximum Gasteiger partial charge on any atom is 0.303 e. The van der Waals surface area contributed by atoms with E-state index in [1.54, 1.807) is 43.3 Å². The number of phenolic OH excluding ortho intramolecular Hbond substituents is 2. The first-order valence-corrected chi connectivity index (χ1v) is 18.6. The van der Waals surface area contributed by atoms with E-state index >= 15 is 0 Å². The maximum atomic E-state index is 11.9. The number of hydrogen-bond acceptors (Lipinski definition) is 14. The highest BCUT2D eigenvalue weighted by molar-refractivity contribution is 5.67. The average Bonchev–Trinajstić information content (AvgIpc) is 3.13. The zero-order valence-electron chi connectivity index (χ0n) is 31.4. The van der Waals surface area contributed by atoms with Crippen LogP contribution in [0, 0.1) is 11.8 Å². The Bertz CT molecular complexity index is 1570. The number of aliphatic hydroxyl groups excluding tert-OH is 3. The summed E-state index contributed by atoms with van der Waals surface area (Å²) >= 11 is 0. The summed E-state index contributed by atoms with van der Waals surface area (Å²) in [5.41, 5.74) is 8.36. The Morgan fingerprint density at radius 1 is 1.13 bits per heavy atom. The van der Waals surface area contributed by atoms with Crippen LogP contribution in [0.25, 0.3) is 0 Å². The molecule has 11 N–H and O–H groups in total. The molecule has 7 unspecified atom stereocenters. The van der Waals surface area contributed by atoms with Crippen molar-refractivity contribution in [3.63, 3.8) is 0 Å². The van der Waals surface area contributed by atoms with Crippen LogP contribution in [0.5, 0.6) is 28.7 Å². The normalized spacial score (nSPS) is 21.6. The van der Waals surface area contributed by atoms with Crippen LogP contribution in [0.15, 0.2) is 53.9 Å². The minimum atomic E-state index is -0.946. The van der Waals surface area contributed by atoms with Gasteiger partial charge in [-0.2, -0.15) is 0 Å². The monoisotopic (exact) mass is 758 g/mol. The van der Waals surface area contributed by atoms with Crippen LogP contribution in [0.2, 0.25) is 0 Å². The molecule has 300 valence electrons. The van der Waals surface area contributed by atoms with E-state index in [0.29, 0.717) is 62.5 Å². The first-order chi connectivity index (χ1) is 25.9. The third-order valence-electron chi connectivity index (χ3n) is 9.75. The van der Waals surface area contributed by atoms with Crippen molar-refractivity contribution in [3.05, 3.63) is 65.0 Å². The Kier molecular flexibility index (Phi) is 16.5. The van der Waals surface area contributed by atoms with Crippen LogP contribution >= 0.6 is 0 Å². The number of phenols is 2. The molecule has 0 aliphatic carbocycles. The summed E-state index contributed by atoms with van der Waals surface area (Å²) in [5.74, 6) is -0.969. The summed E-state index contributed by atoms with van der Waals surface area (Å²) in [6.45, 7) is 4.99. The van der Waals surface area contributed by atoms with E-state index in [2.05, 4.69) is 16.0 Å². The number of aliphatic hydroxyl groups is 3. The Labute approximate surface area is 316 Å². The molecule has 0 bridgehead atoms. The number of allylic oxidation sites excluding steroid dienone is 2. The average molecular weight is 759 g/mol. The second-order valence-corrected chi connectivity index (χ2v) is 14.0. The van der Waals surface area contributed by atoms with Crippen LogP contribution in [0.4, 0.5) is 0 Å². The molecule has 2 aliphatic rings. The number of carboxylic acid groups (broad SMARTS) is 1. The number of benzene rings is 2. The molecule has 2 aliphatic heterocycles. The number of aliphatic carboxylic acids is 1. The van der Waals surface area contributed by atoms with Crippen LogP contribution < -0.4 is 35.9 Å². The number of carboxylic acids is 1. The minimum Gasteiger partial charge on any atom is -0.504 e. The number of ether oxygens (including phenoxy) is 4. The van der Waals surface area contributed by atoms with E-state index < -0.39 is 36.2 Å². The summed E-state index contributed by atoms with van der Waals surface area (Å²) in [6.07, 6.45) is 3.40. The highest BCUT2D eigenvalue weighted by Gasteiger charge is 2.39. The lowest BCUT2D eigenvalue weighted by molar-refractivity contribution is -0.144. The van der Waals surface area contributed by atoms with Crippen LogP contribution in [-0.2, 0) is 16.0 Å². The topological polar surface area (TPSA) is 237 Å². The van der Waals surface area contributed by atoms with Gasteiger partial charge in [-0.1, -0.05) is 19.1 Å². The predicted molar refractivity (Wildman–Crippen MR) is 201 cm³/mol. The molecule has 15 nitrogen and oxygen atoms in total. The van der Waals surface area contributed by atoms with Crippen molar-refractivity contribution >= 4 is 5.97 Å². The molecule has 0 radical (unpaired) electrons. The zero-order chi connectivity index (χ0) is 39.2. The largest absolute Gasteiger partial charge is 0.504 e. The fourth-order valence-electron chi connectivity index (χ4n) is 7.04. The van der Waals surface area contributed by atoms with Crippen molar-refractivity contribution in [1.29, 1.82) is 0 Å². The summed E-state index contributed by atoms with van der Waals surface area (Å²) in [4.78, 5) is 11.9. The van der Waals surface area contributed by atoms with E-state index in [9.17, 15) is 35.4 Å². The molecule has 7 atom stereocenters. The number of hydrogen-bond donors (Lipinski definition) is 10. The SMILES string of the molecule is CCNC(COc1cc(C2OC(CCc3ccc(O)c(OCNCC(C)O)c3)CC(O)C2CCO)cc(OC)c1O)C(CC(=O)O)CC1=CCNC(N)=C1. The van der Waals surface area contributed by atoms with Gasteiger partial charge in [-0.3, -0.25) is 10.1 Å². The molecular formula is C39H58N4O11. The summed E-state index contributed by atoms with van der Waals surface area (Å²) in [5, 5.41) is 71.3. The van der Waals surface area contributed by atoms with Gasteiger partial charge in [0.25, 0.3) is 0 Å². The smallest absolute Gasteiger partial charge is 0.303 e. The predicted octanol–water partition coefficient (Wildman–Crippen LogP) is 2.40. The fourth-order valence-corrected chi connectivity index (χ4v) is 7.04. The number of carbonyl (C=O) groups is 1. The Morgan fingerprint density at radius 3 is 2.59 bits per heavy atom. The van der Waals surface area contributed by atoms with E-state index in [-0.39, 0.29) is 67.8 Å². The standard InChI is InChI=1S/C39H58N4O11/c1-4-42-30(26(18-37(48)49)13-25-9-11-43-36(40)15-25)21-52-35-17-27(16-34(51-3)38(35)50)39-29(10-12-44)32(47)19-28(54-39)7-5-24-6-8-31(46)33(14-24)53-22-41-20-23(2)45/h6,8-9,14-17,23,26,28-30,32,39,41-47,50H,4-5,7,10-13,18-22,40H2,1-3H3,(H,48,49). The quantitative estimate of drug-likeness (QED) is 0.0613. The molecule has 2 aromatic carbocycles. The lowest BCUT2D eigenvalue weighted by atomic mass is 9.82. The highest BCUT2D eigenvalue weighted by Crippen LogP contribution is 2.45. The van der Waals surface area contributed by atoms with Gasteiger partial charge in [0.05, 0.1) is 43.8 Å². The molecule has 0 amide bonds. The van der Waals surface area contributed by atoms with Crippen LogP contribution in [0.1, 0.15) is 63.2 Å². The molecule has 4 rings (SSSR count). The summed E-state index contributed by atoms with van der Waals surface area (Å²) in [7, 11) is 1.42. The van der Waals surface area contributed by atoms with Gasteiger partial charge in [-0.15, -0.1) is 0 Å². The van der Waals surface area contributed by atoms with Crippen molar-refractivity contribution in [1.82, 2.24) is 16.0 Å². The molecule has 0 spiro atoms. The Morgan fingerprint density at radius 2 is 1.91 bits per heavy atom. The van der Waals surface area contributed by atoms with Crippen LogP contribution in [0.3, 0.4) is 0 Å². The molecule has 0 saturated carbocycles. The van der Waals surface area contributed by atoms with Gasteiger partial charge in [-0.05, 0) is 98.5 Å². The second-order valence-electron chi connectivity index (χ2n) is 14.0. The lowest BCUT2D eigenvalue weighted by Gasteiger charge is -2.40. The van der Waals surface area contributed by atoms with E-state index in [4.69, 9.17) is 24.7 Å². The van der Waals surface area contributed by atoms with Gasteiger partial charge in [0, 0.05) is 31.7 Å². The number of nitrogens with one attached hydrogen (secondary N) is 3. The molecule has 1 saturated heterocycles. The summed E-state index contributed by atoms with van der Waals surface area (Å²) in [6, 6.07) is 7.97. The second kappa shape index (κ2) is 21.0. The number of dihydropyridines is 1. The zero-order valence-corrected chi connectivity index (χ0v) is 31.4. The number of nitrogens with two attached hydrogens (primary N) is 1. The molecule has 0 aromatic heterocycles.